The van der Waals surface area contributed by atoms with Crippen LogP contribution in [0.3, 0.4) is 0 Å². The molecule has 1 heterocycles. The number of hydrogen-bond acceptors (Lipinski definition) is 10. The maximum atomic E-state index is 12.6. The largest absolute Gasteiger partial charge is 0.460 e. The van der Waals surface area contributed by atoms with Crippen LogP contribution in [0, 0.1) is 56.7 Å². The molecule has 6 aliphatic rings. The standard InChI is InChI=1S/C38H62O10/c1-18(2)21-14-23(42)31-35(21,6)12-13-37(8)27-20(10-11-38(31,37)9)36(7)16-24(46-19(3)40)32(34(4,5)26(36)15-22(27)41)48-33-30(45)29(44)28(43)25(17-39)47-33/h10,18,21-33,39,41-45H,11-17H2,1-9H3. The quantitative estimate of drug-likeness (QED) is 0.144. The smallest absolute Gasteiger partial charge is 0.302 e. The number of aliphatic hydroxyl groups is 6. The molecule has 0 bridgehead atoms. The molecule has 10 heteroatoms. The maximum absolute atomic E-state index is 12.6. The number of esters is 1. The van der Waals surface area contributed by atoms with E-state index < -0.39 is 72.4 Å². The summed E-state index contributed by atoms with van der Waals surface area (Å²) in [7, 11) is 0. The van der Waals surface area contributed by atoms with Crippen molar-refractivity contribution in [1.29, 1.82) is 0 Å². The number of hydrogen-bond donors (Lipinski definition) is 6. The molecule has 4 saturated carbocycles. The van der Waals surface area contributed by atoms with Crippen LogP contribution in [-0.4, -0.2) is 98.3 Å². The second kappa shape index (κ2) is 12.0. The summed E-state index contributed by atoms with van der Waals surface area (Å²) in [6.07, 6.45) is -2.88. The number of rotatable bonds is 5. The van der Waals surface area contributed by atoms with Gasteiger partial charge in [0.15, 0.2) is 6.29 Å². The highest BCUT2D eigenvalue weighted by molar-refractivity contribution is 5.66. The Morgan fingerprint density at radius 2 is 1.60 bits per heavy atom. The van der Waals surface area contributed by atoms with Crippen LogP contribution in [0.25, 0.3) is 0 Å². The van der Waals surface area contributed by atoms with Gasteiger partial charge in [0.2, 0.25) is 0 Å². The lowest BCUT2D eigenvalue weighted by Crippen LogP contribution is -2.68. The SMILES string of the molecule is CC(=O)OC1CC2(C)C3=CCC4(C)C5C(O)CC(C(C)C)C5(C)CCC4(C)C3C(O)CC2C(C)(C)C1OC1OC(CO)C(O)C(O)C1O. The van der Waals surface area contributed by atoms with Crippen molar-refractivity contribution < 1.29 is 49.6 Å². The molecule has 0 amide bonds. The molecule has 0 aromatic carbocycles. The third-order valence-corrected chi connectivity index (χ3v) is 15.5. The Labute approximate surface area is 286 Å². The first-order valence-electron chi connectivity index (χ1n) is 18.4. The molecule has 274 valence electrons. The molecular formula is C38H62O10. The van der Waals surface area contributed by atoms with Gasteiger partial charge in [0, 0.05) is 12.8 Å². The zero-order valence-electron chi connectivity index (χ0n) is 30.4. The minimum Gasteiger partial charge on any atom is -0.460 e. The molecular weight excluding hydrogens is 616 g/mol. The maximum Gasteiger partial charge on any atom is 0.302 e. The van der Waals surface area contributed by atoms with E-state index in [2.05, 4.69) is 47.6 Å². The summed E-state index contributed by atoms with van der Waals surface area (Å²) < 4.78 is 18.2. The van der Waals surface area contributed by atoms with Crippen LogP contribution >= 0.6 is 0 Å². The number of fused-ring (bicyclic) bond motifs is 7. The van der Waals surface area contributed by atoms with Crippen LogP contribution in [-0.2, 0) is 19.0 Å². The number of allylic oxidation sites excluding steroid dienone is 1. The Balaban J connectivity index is 1.38. The van der Waals surface area contributed by atoms with Crippen LogP contribution in [0.4, 0.5) is 0 Å². The highest BCUT2D eigenvalue weighted by atomic mass is 16.7. The van der Waals surface area contributed by atoms with E-state index in [1.807, 2.05) is 13.8 Å². The first kappa shape index (κ1) is 36.7. The molecule has 6 N–H and O–H groups in total. The normalized spacial score (nSPS) is 54.4. The predicted octanol–water partition coefficient (Wildman–Crippen LogP) is 3.33. The van der Waals surface area contributed by atoms with Gasteiger partial charge in [-0.1, -0.05) is 67.0 Å². The number of ether oxygens (including phenoxy) is 3. The van der Waals surface area contributed by atoms with Crippen molar-refractivity contribution in [1.82, 2.24) is 0 Å². The highest BCUT2D eigenvalue weighted by Gasteiger charge is 2.72. The zero-order valence-corrected chi connectivity index (χ0v) is 30.4. The van der Waals surface area contributed by atoms with Gasteiger partial charge in [-0.3, -0.25) is 4.79 Å². The van der Waals surface area contributed by atoms with Crippen LogP contribution in [0.1, 0.15) is 101 Å². The molecule has 0 spiro atoms. The molecule has 17 atom stereocenters. The summed E-state index contributed by atoms with van der Waals surface area (Å²) in [5.41, 5.74) is -0.400. The van der Waals surface area contributed by atoms with Gasteiger partial charge in [-0.25, -0.2) is 0 Å². The van der Waals surface area contributed by atoms with Crippen molar-refractivity contribution >= 4 is 5.97 Å². The van der Waals surface area contributed by atoms with E-state index in [0.29, 0.717) is 24.7 Å². The summed E-state index contributed by atoms with van der Waals surface area (Å²) in [4.78, 5) is 12.6. The minimum absolute atomic E-state index is 0.0292. The minimum atomic E-state index is -1.60. The van der Waals surface area contributed by atoms with Gasteiger partial charge in [-0.05, 0) is 89.3 Å². The molecule has 10 nitrogen and oxygen atoms in total. The Kier molecular flexibility index (Phi) is 9.15. The lowest BCUT2D eigenvalue weighted by atomic mass is 9.35. The molecule has 5 fully saturated rings. The Bertz CT molecular complexity index is 1280. The van der Waals surface area contributed by atoms with Gasteiger partial charge >= 0.3 is 5.97 Å². The molecule has 0 radical (unpaired) electrons. The third-order valence-electron chi connectivity index (χ3n) is 15.5. The summed E-state index contributed by atoms with van der Waals surface area (Å²) in [6.45, 7) is 18.8. The van der Waals surface area contributed by atoms with Crippen molar-refractivity contribution in [2.45, 2.75) is 156 Å². The van der Waals surface area contributed by atoms with E-state index >= 15 is 0 Å². The fourth-order valence-electron chi connectivity index (χ4n) is 13.2. The van der Waals surface area contributed by atoms with Crippen LogP contribution < -0.4 is 0 Å². The van der Waals surface area contributed by atoms with Gasteiger partial charge in [0.05, 0.1) is 18.8 Å². The monoisotopic (exact) mass is 678 g/mol. The lowest BCUT2D eigenvalue weighted by molar-refractivity contribution is -0.337. The van der Waals surface area contributed by atoms with E-state index in [1.165, 1.54) is 12.5 Å². The molecule has 17 unspecified atom stereocenters. The number of carbonyl (C=O) groups excluding carboxylic acids is 1. The van der Waals surface area contributed by atoms with Crippen molar-refractivity contribution in [2.75, 3.05) is 6.61 Å². The average Bonchev–Trinajstić information content (AvgIpc) is 3.27. The lowest BCUT2D eigenvalue weighted by Gasteiger charge is -2.70. The molecule has 48 heavy (non-hydrogen) atoms. The Morgan fingerprint density at radius 3 is 2.21 bits per heavy atom. The van der Waals surface area contributed by atoms with Crippen molar-refractivity contribution in [2.24, 2.45) is 56.7 Å². The first-order chi connectivity index (χ1) is 22.2. The molecule has 0 aromatic heterocycles. The fourth-order valence-corrected chi connectivity index (χ4v) is 13.2. The summed E-state index contributed by atoms with van der Waals surface area (Å²) >= 11 is 0. The van der Waals surface area contributed by atoms with E-state index in [1.54, 1.807) is 0 Å². The molecule has 1 aliphatic heterocycles. The third kappa shape index (κ3) is 4.97. The van der Waals surface area contributed by atoms with E-state index in [-0.39, 0.29) is 40.1 Å². The Hall–Kier alpha value is -1.11. The Morgan fingerprint density at radius 1 is 0.938 bits per heavy atom. The van der Waals surface area contributed by atoms with E-state index in [9.17, 15) is 35.4 Å². The first-order valence-corrected chi connectivity index (χ1v) is 18.4. The van der Waals surface area contributed by atoms with Crippen molar-refractivity contribution in [3.8, 4) is 0 Å². The van der Waals surface area contributed by atoms with Crippen molar-refractivity contribution in [3.63, 3.8) is 0 Å². The molecule has 5 aliphatic carbocycles. The summed E-state index contributed by atoms with van der Waals surface area (Å²) in [6, 6.07) is 0. The second-order valence-corrected chi connectivity index (χ2v) is 18.5. The number of carbonyl (C=O) groups is 1. The van der Waals surface area contributed by atoms with Gasteiger partial charge in [0.1, 0.15) is 36.6 Å². The van der Waals surface area contributed by atoms with Crippen LogP contribution in [0.5, 0.6) is 0 Å². The highest BCUT2D eigenvalue weighted by Crippen LogP contribution is 2.76. The molecule has 1 saturated heterocycles. The van der Waals surface area contributed by atoms with Gasteiger partial charge in [-0.2, -0.15) is 0 Å². The average molecular weight is 679 g/mol. The van der Waals surface area contributed by atoms with Crippen molar-refractivity contribution in [3.05, 3.63) is 11.6 Å². The summed E-state index contributed by atoms with van der Waals surface area (Å²) in [5.74, 6) is 0.369. The second-order valence-electron chi connectivity index (χ2n) is 18.5. The number of aliphatic hydroxyl groups excluding tert-OH is 6. The van der Waals surface area contributed by atoms with Gasteiger partial charge < -0.3 is 44.8 Å². The zero-order chi connectivity index (χ0) is 35.5. The van der Waals surface area contributed by atoms with Crippen LogP contribution in [0.15, 0.2) is 11.6 Å². The predicted molar refractivity (Wildman–Crippen MR) is 177 cm³/mol. The van der Waals surface area contributed by atoms with Crippen LogP contribution in [0.2, 0.25) is 0 Å². The van der Waals surface area contributed by atoms with E-state index in [4.69, 9.17) is 14.2 Å². The van der Waals surface area contributed by atoms with Gasteiger partial charge in [0.25, 0.3) is 0 Å². The van der Waals surface area contributed by atoms with E-state index in [0.717, 1.165) is 25.7 Å². The fraction of sp³-hybridized carbons (Fsp3) is 0.921. The van der Waals surface area contributed by atoms with Gasteiger partial charge in [-0.15, -0.1) is 0 Å². The molecule has 0 aromatic rings. The summed E-state index contributed by atoms with van der Waals surface area (Å²) in [5, 5.41) is 65.6. The topological polar surface area (TPSA) is 166 Å². The molecule has 6 rings (SSSR count).